The molecule has 0 unspecified atom stereocenters. The van der Waals surface area contributed by atoms with Crippen LogP contribution >= 0.6 is 0 Å². The third-order valence-corrected chi connectivity index (χ3v) is 7.97. The van der Waals surface area contributed by atoms with Gasteiger partial charge in [-0.05, 0) is 24.2 Å². The highest BCUT2D eigenvalue weighted by Gasteiger charge is 2.37. The van der Waals surface area contributed by atoms with E-state index in [0.29, 0.717) is 12.2 Å². The summed E-state index contributed by atoms with van der Waals surface area (Å²) >= 11 is 0. The van der Waals surface area contributed by atoms with Crippen LogP contribution in [0.3, 0.4) is 0 Å². The van der Waals surface area contributed by atoms with Crippen molar-refractivity contribution in [3.8, 4) is 0 Å². The van der Waals surface area contributed by atoms with Gasteiger partial charge in [0.15, 0.2) is 14.0 Å². The molecule has 5 heteroatoms. The zero-order chi connectivity index (χ0) is 14.0. The van der Waals surface area contributed by atoms with Gasteiger partial charge in [0.05, 0.1) is 6.61 Å². The Morgan fingerprint density at radius 2 is 2.06 bits per heavy atom. The largest absolute Gasteiger partial charge is 0.477 e. The fraction of sp³-hybridized carbons (Fsp3) is 0.538. The van der Waals surface area contributed by atoms with Crippen LogP contribution in [-0.2, 0) is 11.0 Å². The standard InChI is InChI=1S/C13H21NO3Si/c1-13(2,3)18(4,5)17-9-10-7-6-8-14-11(10)12(15)16/h6-8H,9H2,1-5H3,(H,15,16). The molecule has 0 aliphatic heterocycles. The van der Waals surface area contributed by atoms with Gasteiger partial charge >= 0.3 is 5.97 Å². The summed E-state index contributed by atoms with van der Waals surface area (Å²) in [5.41, 5.74) is 0.714. The molecule has 0 amide bonds. The van der Waals surface area contributed by atoms with E-state index in [1.807, 2.05) is 0 Å². The van der Waals surface area contributed by atoms with E-state index in [4.69, 9.17) is 9.53 Å². The van der Waals surface area contributed by atoms with Crippen molar-refractivity contribution >= 4 is 14.3 Å². The van der Waals surface area contributed by atoms with Gasteiger partial charge in [-0.3, -0.25) is 0 Å². The fourth-order valence-corrected chi connectivity index (χ4v) is 2.17. The van der Waals surface area contributed by atoms with Gasteiger partial charge in [0.1, 0.15) is 0 Å². The number of hydrogen-bond acceptors (Lipinski definition) is 3. The SMILES string of the molecule is CC(C)(C)[Si](C)(C)OCc1cccnc1C(=O)O. The molecule has 0 atom stereocenters. The minimum atomic E-state index is -1.87. The Balaban J connectivity index is 2.85. The molecule has 18 heavy (non-hydrogen) atoms. The number of carboxylic acids is 1. The minimum Gasteiger partial charge on any atom is -0.477 e. The molecule has 100 valence electrons. The predicted octanol–water partition coefficient (Wildman–Crippen LogP) is 3.30. The van der Waals surface area contributed by atoms with Gasteiger partial charge in [0, 0.05) is 11.8 Å². The second-order valence-corrected chi connectivity index (χ2v) is 10.7. The summed E-state index contributed by atoms with van der Waals surface area (Å²) in [4.78, 5) is 14.9. The molecule has 4 nitrogen and oxygen atoms in total. The van der Waals surface area contributed by atoms with E-state index in [-0.39, 0.29) is 10.7 Å². The topological polar surface area (TPSA) is 59.4 Å². The van der Waals surface area contributed by atoms with Gasteiger partial charge in [-0.2, -0.15) is 0 Å². The molecule has 0 aliphatic carbocycles. The average molecular weight is 267 g/mol. The number of nitrogens with zero attached hydrogens (tertiary/aromatic N) is 1. The molecule has 0 aromatic carbocycles. The summed E-state index contributed by atoms with van der Waals surface area (Å²) in [5.74, 6) is -1.01. The first-order valence-corrected chi connectivity index (χ1v) is 8.87. The Bertz CT molecular complexity index is 438. The van der Waals surface area contributed by atoms with Crippen molar-refractivity contribution < 1.29 is 14.3 Å². The van der Waals surface area contributed by atoms with Crippen LogP contribution in [0.15, 0.2) is 18.3 Å². The molecule has 1 aromatic heterocycles. The van der Waals surface area contributed by atoms with Crippen LogP contribution in [0.4, 0.5) is 0 Å². The summed E-state index contributed by atoms with van der Waals surface area (Å²) in [6.45, 7) is 11.1. The van der Waals surface area contributed by atoms with E-state index >= 15 is 0 Å². The zero-order valence-electron chi connectivity index (χ0n) is 11.7. The number of rotatable bonds is 4. The summed E-state index contributed by atoms with van der Waals surface area (Å²) in [6.07, 6.45) is 1.49. The Kier molecular flexibility index (Phi) is 4.29. The monoisotopic (exact) mass is 267 g/mol. The van der Waals surface area contributed by atoms with Crippen molar-refractivity contribution in [3.63, 3.8) is 0 Å². The van der Waals surface area contributed by atoms with E-state index in [0.717, 1.165) is 0 Å². The molecule has 0 bridgehead atoms. The van der Waals surface area contributed by atoms with Crippen molar-refractivity contribution in [2.24, 2.45) is 0 Å². The number of carboxylic acid groups (broad SMARTS) is 1. The van der Waals surface area contributed by atoms with Crippen LogP contribution in [0.2, 0.25) is 18.1 Å². The second-order valence-electron chi connectivity index (χ2n) is 5.87. The molecule has 1 aromatic rings. The molecule has 0 fully saturated rings. The highest BCUT2D eigenvalue weighted by Crippen LogP contribution is 2.37. The van der Waals surface area contributed by atoms with Gasteiger partial charge in [-0.25, -0.2) is 9.78 Å². The van der Waals surface area contributed by atoms with Crippen molar-refractivity contribution in [2.45, 2.75) is 45.5 Å². The number of aromatic nitrogens is 1. The highest BCUT2D eigenvalue weighted by atomic mass is 28.4. The molecular formula is C13H21NO3Si. The van der Waals surface area contributed by atoms with Crippen LogP contribution in [0, 0.1) is 0 Å². The van der Waals surface area contributed by atoms with E-state index in [2.05, 4.69) is 38.8 Å². The first-order chi connectivity index (χ1) is 8.15. The maximum Gasteiger partial charge on any atom is 0.354 e. The van der Waals surface area contributed by atoms with Crippen molar-refractivity contribution in [3.05, 3.63) is 29.6 Å². The highest BCUT2D eigenvalue weighted by molar-refractivity contribution is 6.74. The zero-order valence-corrected chi connectivity index (χ0v) is 12.7. The second kappa shape index (κ2) is 5.20. The number of carbonyl (C=O) groups is 1. The average Bonchev–Trinajstić information content (AvgIpc) is 2.25. The van der Waals surface area contributed by atoms with E-state index in [1.165, 1.54) is 6.20 Å². The molecular weight excluding hydrogens is 246 g/mol. The Hall–Kier alpha value is -1.20. The van der Waals surface area contributed by atoms with Gasteiger partial charge < -0.3 is 9.53 Å². The van der Waals surface area contributed by atoms with Gasteiger partial charge in [0.25, 0.3) is 0 Å². The van der Waals surface area contributed by atoms with Crippen LogP contribution in [-0.4, -0.2) is 24.4 Å². The first-order valence-electron chi connectivity index (χ1n) is 5.96. The van der Waals surface area contributed by atoms with Gasteiger partial charge in [-0.1, -0.05) is 26.8 Å². The lowest BCUT2D eigenvalue weighted by molar-refractivity contribution is 0.0687. The number of pyridine rings is 1. The molecule has 0 spiro atoms. The predicted molar refractivity (Wildman–Crippen MR) is 73.2 cm³/mol. The third kappa shape index (κ3) is 3.40. The Labute approximate surface area is 109 Å². The van der Waals surface area contributed by atoms with Crippen molar-refractivity contribution in [1.29, 1.82) is 0 Å². The number of aromatic carboxylic acids is 1. The lowest BCUT2D eigenvalue weighted by Gasteiger charge is -2.36. The Morgan fingerprint density at radius 1 is 1.44 bits per heavy atom. The molecule has 1 rings (SSSR count). The molecule has 0 radical (unpaired) electrons. The smallest absolute Gasteiger partial charge is 0.354 e. The minimum absolute atomic E-state index is 0.0798. The van der Waals surface area contributed by atoms with Crippen LogP contribution in [0.1, 0.15) is 36.8 Å². The fourth-order valence-electron chi connectivity index (χ4n) is 1.22. The first kappa shape index (κ1) is 14.9. The molecule has 0 saturated carbocycles. The normalized spacial score (nSPS) is 12.5. The third-order valence-electron chi connectivity index (χ3n) is 3.49. The van der Waals surface area contributed by atoms with E-state index in [9.17, 15) is 4.79 Å². The summed E-state index contributed by atoms with van der Waals surface area (Å²) in [6, 6.07) is 3.49. The van der Waals surface area contributed by atoms with E-state index < -0.39 is 14.3 Å². The van der Waals surface area contributed by atoms with Gasteiger partial charge in [0.2, 0.25) is 0 Å². The Morgan fingerprint density at radius 3 is 2.56 bits per heavy atom. The summed E-state index contributed by atoms with van der Waals surface area (Å²) in [7, 11) is -1.87. The van der Waals surface area contributed by atoms with Crippen molar-refractivity contribution in [2.75, 3.05) is 0 Å². The van der Waals surface area contributed by atoms with Crippen LogP contribution < -0.4 is 0 Å². The lowest BCUT2D eigenvalue weighted by Crippen LogP contribution is -2.40. The van der Waals surface area contributed by atoms with Crippen LogP contribution in [0.5, 0.6) is 0 Å². The molecule has 1 heterocycles. The molecule has 0 aliphatic rings. The lowest BCUT2D eigenvalue weighted by atomic mass is 10.2. The van der Waals surface area contributed by atoms with Gasteiger partial charge in [-0.15, -0.1) is 0 Å². The molecule has 0 saturated heterocycles. The van der Waals surface area contributed by atoms with E-state index in [1.54, 1.807) is 12.1 Å². The number of hydrogen-bond donors (Lipinski definition) is 1. The molecule has 1 N–H and O–H groups in total. The summed E-state index contributed by atoms with van der Waals surface area (Å²) in [5, 5.41) is 9.16. The van der Waals surface area contributed by atoms with Crippen molar-refractivity contribution in [1.82, 2.24) is 4.98 Å². The maximum atomic E-state index is 11.0. The quantitative estimate of drug-likeness (QED) is 0.850. The van der Waals surface area contributed by atoms with Crippen LogP contribution in [0.25, 0.3) is 0 Å². The summed E-state index contributed by atoms with van der Waals surface area (Å²) < 4.78 is 6.01. The maximum absolute atomic E-state index is 11.0.